The highest BCUT2D eigenvalue weighted by Gasteiger charge is 2.15. The highest BCUT2D eigenvalue weighted by atomic mass is 16.3. The molecule has 3 rings (SSSR count). The molecular weight excluding hydrogens is 242 g/mol. The van der Waals surface area contributed by atoms with E-state index < -0.39 is 0 Å². The molecule has 0 aliphatic heterocycles. The Morgan fingerprint density at radius 2 is 1.89 bits per heavy atom. The van der Waals surface area contributed by atoms with E-state index in [9.17, 15) is 5.11 Å². The van der Waals surface area contributed by atoms with Crippen molar-refractivity contribution >= 4 is 10.9 Å². The third-order valence-corrected chi connectivity index (χ3v) is 3.32. The van der Waals surface area contributed by atoms with Crippen LogP contribution in [-0.4, -0.2) is 30.3 Å². The second kappa shape index (κ2) is 4.01. The van der Waals surface area contributed by atoms with Gasteiger partial charge in [0.25, 0.3) is 0 Å². The van der Waals surface area contributed by atoms with Gasteiger partial charge in [0, 0.05) is 18.6 Å². The Hall–Kier alpha value is -2.50. The molecule has 2 heterocycles. The molecule has 19 heavy (non-hydrogen) atoms. The van der Waals surface area contributed by atoms with E-state index in [1.54, 1.807) is 13.2 Å². The zero-order valence-corrected chi connectivity index (χ0v) is 10.9. The fraction of sp³-hybridized carbons (Fsp3) is 0.231. The summed E-state index contributed by atoms with van der Waals surface area (Å²) >= 11 is 0. The normalized spacial score (nSPS) is 11.1. The summed E-state index contributed by atoms with van der Waals surface area (Å²) in [7, 11) is 1.72. The van der Waals surface area contributed by atoms with Crippen LogP contribution in [0.2, 0.25) is 0 Å². The molecule has 0 aliphatic rings. The molecule has 96 valence electrons. The van der Waals surface area contributed by atoms with Crippen molar-refractivity contribution in [2.24, 2.45) is 7.05 Å². The molecule has 0 unspecified atom stereocenters. The molecule has 6 heteroatoms. The second-order valence-corrected chi connectivity index (χ2v) is 4.60. The fourth-order valence-corrected chi connectivity index (χ4v) is 2.06. The number of aryl methyl sites for hydroxylation is 3. The van der Waals surface area contributed by atoms with E-state index in [0.717, 1.165) is 16.6 Å². The van der Waals surface area contributed by atoms with Gasteiger partial charge in [0.15, 0.2) is 5.82 Å². The van der Waals surface area contributed by atoms with Crippen LogP contribution in [0.5, 0.6) is 5.75 Å². The highest BCUT2D eigenvalue weighted by molar-refractivity contribution is 5.91. The maximum atomic E-state index is 10.4. The lowest BCUT2D eigenvalue weighted by Crippen LogP contribution is -1.96. The highest BCUT2D eigenvalue weighted by Crippen LogP contribution is 2.34. The zero-order chi connectivity index (χ0) is 13.6. The molecule has 0 atom stereocenters. The van der Waals surface area contributed by atoms with E-state index in [1.165, 1.54) is 4.68 Å². The van der Waals surface area contributed by atoms with Crippen molar-refractivity contribution in [2.75, 3.05) is 0 Å². The van der Waals surface area contributed by atoms with Gasteiger partial charge < -0.3 is 5.11 Å². The first-order chi connectivity index (χ1) is 9.08. The van der Waals surface area contributed by atoms with Gasteiger partial charge >= 0.3 is 0 Å². The molecule has 0 spiro atoms. The molecule has 2 aromatic heterocycles. The third kappa shape index (κ3) is 1.72. The molecule has 0 fully saturated rings. The zero-order valence-electron chi connectivity index (χ0n) is 10.9. The average Bonchev–Trinajstić information content (AvgIpc) is 2.79. The van der Waals surface area contributed by atoms with Crippen LogP contribution in [0, 0.1) is 13.8 Å². The van der Waals surface area contributed by atoms with Crippen molar-refractivity contribution in [3.8, 4) is 17.1 Å². The number of hydrogen-bond acceptors (Lipinski definition) is 5. The SMILES string of the molecule is Cc1cc2ncc(-c3nnnn3C)c(O)c2cc1C. The van der Waals surface area contributed by atoms with E-state index in [2.05, 4.69) is 20.5 Å². The first kappa shape index (κ1) is 11.6. The van der Waals surface area contributed by atoms with Crippen LogP contribution in [-0.2, 0) is 7.05 Å². The molecule has 0 saturated heterocycles. The Bertz CT molecular complexity index is 778. The fourth-order valence-electron chi connectivity index (χ4n) is 2.06. The van der Waals surface area contributed by atoms with Crippen LogP contribution in [0.1, 0.15) is 11.1 Å². The van der Waals surface area contributed by atoms with Crippen molar-refractivity contribution in [1.82, 2.24) is 25.2 Å². The van der Waals surface area contributed by atoms with Crippen molar-refractivity contribution in [3.05, 3.63) is 29.5 Å². The Balaban J connectivity index is 2.32. The monoisotopic (exact) mass is 255 g/mol. The molecule has 6 nitrogen and oxygen atoms in total. The van der Waals surface area contributed by atoms with Gasteiger partial charge in [-0.1, -0.05) is 0 Å². The molecule has 1 N–H and O–H groups in total. The number of nitrogens with zero attached hydrogens (tertiary/aromatic N) is 5. The van der Waals surface area contributed by atoms with Crippen LogP contribution in [0.3, 0.4) is 0 Å². The second-order valence-electron chi connectivity index (χ2n) is 4.60. The number of hydrogen-bond donors (Lipinski definition) is 1. The lowest BCUT2D eigenvalue weighted by Gasteiger charge is -2.08. The van der Waals surface area contributed by atoms with Crippen molar-refractivity contribution in [3.63, 3.8) is 0 Å². The van der Waals surface area contributed by atoms with Crippen LogP contribution in [0.15, 0.2) is 18.3 Å². The smallest absolute Gasteiger partial charge is 0.187 e. The molecular formula is C13H13N5O. The van der Waals surface area contributed by atoms with Gasteiger partial charge in [0.05, 0.1) is 11.1 Å². The number of fused-ring (bicyclic) bond motifs is 1. The van der Waals surface area contributed by atoms with Crippen LogP contribution in [0.25, 0.3) is 22.3 Å². The summed E-state index contributed by atoms with van der Waals surface area (Å²) < 4.78 is 1.50. The predicted octanol–water partition coefficient (Wildman–Crippen LogP) is 1.75. The number of pyridine rings is 1. The minimum Gasteiger partial charge on any atom is -0.506 e. The Morgan fingerprint density at radius 1 is 1.16 bits per heavy atom. The van der Waals surface area contributed by atoms with E-state index in [1.807, 2.05) is 26.0 Å². The van der Waals surface area contributed by atoms with E-state index >= 15 is 0 Å². The van der Waals surface area contributed by atoms with Crippen LogP contribution < -0.4 is 0 Å². The Kier molecular flexibility index (Phi) is 2.45. The molecule has 0 radical (unpaired) electrons. The summed E-state index contributed by atoms with van der Waals surface area (Å²) in [6.45, 7) is 4.03. The van der Waals surface area contributed by atoms with Crippen molar-refractivity contribution in [2.45, 2.75) is 13.8 Å². The minimum atomic E-state index is 0.158. The largest absolute Gasteiger partial charge is 0.506 e. The lowest BCUT2D eigenvalue weighted by molar-refractivity contribution is 0.482. The van der Waals surface area contributed by atoms with Gasteiger partial charge in [0.1, 0.15) is 5.75 Å². The number of aromatic nitrogens is 5. The molecule has 3 aromatic rings. The summed E-state index contributed by atoms with van der Waals surface area (Å²) in [6, 6.07) is 3.89. The van der Waals surface area contributed by atoms with Gasteiger partial charge in [-0.05, 0) is 47.5 Å². The summed E-state index contributed by atoms with van der Waals surface area (Å²) in [4.78, 5) is 4.37. The van der Waals surface area contributed by atoms with Gasteiger partial charge in [-0.15, -0.1) is 5.10 Å². The first-order valence-electron chi connectivity index (χ1n) is 5.89. The molecule has 0 aliphatic carbocycles. The van der Waals surface area contributed by atoms with Gasteiger partial charge in [0.2, 0.25) is 0 Å². The quantitative estimate of drug-likeness (QED) is 0.716. The number of benzene rings is 1. The molecule has 0 bridgehead atoms. The summed E-state index contributed by atoms with van der Waals surface area (Å²) in [5.74, 6) is 0.649. The topological polar surface area (TPSA) is 76.7 Å². The molecule has 0 amide bonds. The van der Waals surface area contributed by atoms with E-state index in [4.69, 9.17) is 0 Å². The Morgan fingerprint density at radius 3 is 2.58 bits per heavy atom. The summed E-state index contributed by atoms with van der Waals surface area (Å²) in [6.07, 6.45) is 1.60. The minimum absolute atomic E-state index is 0.158. The maximum absolute atomic E-state index is 10.4. The predicted molar refractivity (Wildman–Crippen MR) is 70.7 cm³/mol. The standard InChI is InChI=1S/C13H13N5O/c1-7-4-9-11(5-8(7)2)14-6-10(12(9)19)13-15-16-17-18(13)3/h4-6H,1-3H3,(H,14,19). The first-order valence-corrected chi connectivity index (χ1v) is 5.89. The van der Waals surface area contributed by atoms with Crippen molar-refractivity contribution in [1.29, 1.82) is 0 Å². The van der Waals surface area contributed by atoms with Gasteiger partial charge in [-0.3, -0.25) is 4.98 Å². The van der Waals surface area contributed by atoms with E-state index in [0.29, 0.717) is 16.8 Å². The van der Waals surface area contributed by atoms with Crippen molar-refractivity contribution < 1.29 is 5.11 Å². The maximum Gasteiger partial charge on any atom is 0.187 e. The van der Waals surface area contributed by atoms with Crippen LogP contribution >= 0.6 is 0 Å². The third-order valence-electron chi connectivity index (χ3n) is 3.32. The Labute approximate surface area is 109 Å². The summed E-state index contributed by atoms with van der Waals surface area (Å²) in [5.41, 5.74) is 3.55. The van der Waals surface area contributed by atoms with Crippen LogP contribution in [0.4, 0.5) is 0 Å². The number of tetrazole rings is 1. The molecule has 0 saturated carbocycles. The average molecular weight is 255 g/mol. The molecule has 1 aromatic carbocycles. The number of aromatic hydroxyl groups is 1. The number of rotatable bonds is 1. The summed E-state index contributed by atoms with van der Waals surface area (Å²) in [5, 5.41) is 22.4. The van der Waals surface area contributed by atoms with Gasteiger partial charge in [-0.2, -0.15) is 0 Å². The van der Waals surface area contributed by atoms with Gasteiger partial charge in [-0.25, -0.2) is 4.68 Å². The lowest BCUT2D eigenvalue weighted by atomic mass is 10.0. The van der Waals surface area contributed by atoms with E-state index in [-0.39, 0.29) is 5.75 Å².